The molecule has 1 amide bonds. The van der Waals surface area contributed by atoms with Gasteiger partial charge in [0.05, 0.1) is 29.1 Å². The average molecular weight is 585 g/mol. The molecule has 0 bridgehead atoms. The van der Waals surface area contributed by atoms with E-state index in [0.29, 0.717) is 29.1 Å². The van der Waals surface area contributed by atoms with Gasteiger partial charge in [-0.3, -0.25) is 4.79 Å². The van der Waals surface area contributed by atoms with Gasteiger partial charge in [0, 0.05) is 5.56 Å². The molecule has 2 aromatic carbocycles. The van der Waals surface area contributed by atoms with E-state index < -0.39 is 0 Å². The monoisotopic (exact) mass is 584 g/mol. The molecule has 4 rings (SSSR count). The number of nitrogens with zero attached hydrogens (tertiary/aromatic N) is 1. The zero-order chi connectivity index (χ0) is 30.3. The summed E-state index contributed by atoms with van der Waals surface area (Å²) in [7, 11) is 0. The zero-order valence-electron chi connectivity index (χ0n) is 26.6. The minimum absolute atomic E-state index is 0.0331. The second-order valence-corrected chi connectivity index (χ2v) is 12.3. The van der Waals surface area contributed by atoms with Crippen molar-refractivity contribution in [2.24, 2.45) is 4.99 Å². The lowest BCUT2D eigenvalue weighted by atomic mass is 9.99. The van der Waals surface area contributed by atoms with Gasteiger partial charge in [0.15, 0.2) is 5.88 Å². The van der Waals surface area contributed by atoms with Crippen molar-refractivity contribution in [1.82, 2.24) is 4.98 Å². The van der Waals surface area contributed by atoms with Crippen LogP contribution in [0.2, 0.25) is 0 Å². The molecule has 2 heterocycles. The summed E-state index contributed by atoms with van der Waals surface area (Å²) in [5, 5.41) is 10.7. The fraction of sp³-hybridized carbons (Fsp3) is 0.526. The normalized spacial score (nSPS) is 12.5. The molecule has 1 aromatic heterocycles. The number of aromatic nitrogens is 1. The summed E-state index contributed by atoms with van der Waals surface area (Å²) >= 11 is 0. The van der Waals surface area contributed by atoms with Crippen molar-refractivity contribution in [3.63, 3.8) is 0 Å². The average Bonchev–Trinajstić information content (AvgIpc) is 3.55. The summed E-state index contributed by atoms with van der Waals surface area (Å²) in [5.74, 6) is 0.446. The predicted molar refractivity (Wildman–Crippen MR) is 179 cm³/mol. The quantitative estimate of drug-likeness (QED) is 0.122. The summed E-state index contributed by atoms with van der Waals surface area (Å²) in [5.41, 5.74) is 4.74. The molecule has 2 N–H and O–H groups in total. The molecule has 232 valence electrons. The second-order valence-electron chi connectivity index (χ2n) is 12.3. The van der Waals surface area contributed by atoms with Crippen molar-refractivity contribution in [3.8, 4) is 22.9 Å². The Morgan fingerprint density at radius 3 is 1.67 bits per heavy atom. The molecule has 43 heavy (non-hydrogen) atoms. The number of ether oxygens (including phenoxy) is 1. The maximum Gasteiger partial charge on any atom is 0.280 e. The van der Waals surface area contributed by atoms with Gasteiger partial charge in [-0.15, -0.1) is 0 Å². The SMILES string of the molecule is CCCCCCCCCCCCCCCCCCCOc1ccc(-c2[nH]c(O)c3c2C(=O)N=C3c2ccc(C)cc2)cc1. The summed E-state index contributed by atoms with van der Waals surface area (Å²) < 4.78 is 5.98. The van der Waals surface area contributed by atoms with Crippen molar-refractivity contribution in [3.05, 3.63) is 70.8 Å². The number of aromatic hydroxyl groups is 1. The van der Waals surface area contributed by atoms with Gasteiger partial charge < -0.3 is 14.8 Å². The van der Waals surface area contributed by atoms with Gasteiger partial charge in [-0.05, 0) is 43.2 Å². The lowest BCUT2D eigenvalue weighted by Gasteiger charge is -2.08. The number of aromatic amines is 1. The first-order valence-corrected chi connectivity index (χ1v) is 17.0. The Morgan fingerprint density at radius 2 is 1.14 bits per heavy atom. The van der Waals surface area contributed by atoms with Crippen molar-refractivity contribution in [2.45, 2.75) is 123 Å². The van der Waals surface area contributed by atoms with Gasteiger partial charge in [0.1, 0.15) is 5.75 Å². The summed E-state index contributed by atoms with van der Waals surface area (Å²) in [4.78, 5) is 20.1. The first-order chi connectivity index (χ1) is 21.1. The van der Waals surface area contributed by atoms with E-state index in [4.69, 9.17) is 4.74 Å². The first kappa shape index (κ1) is 32.6. The first-order valence-electron chi connectivity index (χ1n) is 17.0. The standard InChI is InChI=1S/C38H52N2O3/c1-3-4-5-6-7-8-9-10-11-12-13-14-15-16-17-18-19-28-43-32-26-24-31(25-27-32)36-34-33(37(41)40-36)35(39-38(34)42)30-22-20-29(2)21-23-30/h20-27,40-41H,3-19,28H2,1-2H3. The molecule has 0 unspecified atom stereocenters. The number of unbranched alkanes of at least 4 members (excludes halogenated alkanes) is 16. The van der Waals surface area contributed by atoms with E-state index in [-0.39, 0.29) is 11.8 Å². The molecule has 1 aliphatic heterocycles. The van der Waals surface area contributed by atoms with Crippen LogP contribution in [0.1, 0.15) is 143 Å². The molecule has 3 aromatic rings. The van der Waals surface area contributed by atoms with Crippen LogP contribution in [0.25, 0.3) is 11.3 Å². The lowest BCUT2D eigenvalue weighted by molar-refractivity contribution is 0.101. The van der Waals surface area contributed by atoms with E-state index in [1.807, 2.05) is 55.5 Å². The molecule has 0 saturated carbocycles. The fourth-order valence-electron chi connectivity index (χ4n) is 6.02. The van der Waals surface area contributed by atoms with Gasteiger partial charge >= 0.3 is 0 Å². The number of amides is 1. The maximum absolute atomic E-state index is 12.8. The van der Waals surface area contributed by atoms with Crippen LogP contribution in [0, 0.1) is 6.92 Å². The van der Waals surface area contributed by atoms with Crippen molar-refractivity contribution < 1.29 is 14.6 Å². The Kier molecular flexibility index (Phi) is 13.4. The number of nitrogens with one attached hydrogen (secondary N) is 1. The Hall–Kier alpha value is -3.34. The fourth-order valence-corrected chi connectivity index (χ4v) is 6.02. The highest BCUT2D eigenvalue weighted by molar-refractivity contribution is 6.30. The number of fused-ring (bicyclic) bond motifs is 1. The van der Waals surface area contributed by atoms with E-state index in [9.17, 15) is 9.90 Å². The predicted octanol–water partition coefficient (Wildman–Crippen LogP) is 10.7. The van der Waals surface area contributed by atoms with Crippen LogP contribution in [0.15, 0.2) is 53.5 Å². The van der Waals surface area contributed by atoms with Gasteiger partial charge in [-0.25, -0.2) is 4.99 Å². The van der Waals surface area contributed by atoms with Gasteiger partial charge in [-0.1, -0.05) is 139 Å². The van der Waals surface area contributed by atoms with Crippen LogP contribution in [0.4, 0.5) is 0 Å². The van der Waals surface area contributed by atoms with E-state index in [2.05, 4.69) is 16.9 Å². The number of carbonyl (C=O) groups excluding carboxylic acids is 1. The van der Waals surface area contributed by atoms with Crippen LogP contribution in [-0.4, -0.2) is 28.3 Å². The molecule has 0 spiro atoms. The number of hydrogen-bond acceptors (Lipinski definition) is 3. The smallest absolute Gasteiger partial charge is 0.280 e. The van der Waals surface area contributed by atoms with Gasteiger partial charge in [0.2, 0.25) is 0 Å². The largest absolute Gasteiger partial charge is 0.494 e. The van der Waals surface area contributed by atoms with Crippen molar-refractivity contribution in [2.75, 3.05) is 6.61 Å². The van der Waals surface area contributed by atoms with Crippen LogP contribution >= 0.6 is 0 Å². The van der Waals surface area contributed by atoms with Crippen LogP contribution in [0.3, 0.4) is 0 Å². The molecule has 5 nitrogen and oxygen atoms in total. The molecule has 1 aliphatic rings. The van der Waals surface area contributed by atoms with Gasteiger partial charge in [-0.2, -0.15) is 0 Å². The number of benzene rings is 2. The number of aliphatic imine (C=N–C) groups is 1. The number of hydrogen-bond donors (Lipinski definition) is 2. The Morgan fingerprint density at radius 1 is 0.651 bits per heavy atom. The summed E-state index contributed by atoms with van der Waals surface area (Å²) in [6.45, 7) is 5.01. The van der Waals surface area contributed by atoms with Crippen molar-refractivity contribution >= 4 is 11.6 Å². The minimum atomic E-state index is -0.337. The molecule has 0 saturated heterocycles. The van der Waals surface area contributed by atoms with Crippen molar-refractivity contribution in [1.29, 1.82) is 0 Å². The zero-order valence-corrected chi connectivity index (χ0v) is 26.6. The molecule has 0 fully saturated rings. The number of H-pyrrole nitrogens is 1. The number of aryl methyl sites for hydroxylation is 1. The Balaban J connectivity index is 1.08. The number of carbonyl (C=O) groups is 1. The number of rotatable bonds is 21. The molecule has 0 atom stereocenters. The van der Waals surface area contributed by atoms with Crippen LogP contribution in [-0.2, 0) is 0 Å². The Labute approximate surface area is 259 Å². The Bertz CT molecular complexity index is 1290. The lowest BCUT2D eigenvalue weighted by Crippen LogP contribution is -1.99. The van der Waals surface area contributed by atoms with Crippen LogP contribution in [0.5, 0.6) is 11.6 Å². The molecule has 0 aliphatic carbocycles. The molecular formula is C38H52N2O3. The topological polar surface area (TPSA) is 74.7 Å². The van der Waals surface area contributed by atoms with E-state index in [1.165, 1.54) is 103 Å². The molecule has 5 heteroatoms. The molecule has 0 radical (unpaired) electrons. The summed E-state index contributed by atoms with van der Waals surface area (Å²) in [6.07, 6.45) is 23.2. The van der Waals surface area contributed by atoms with E-state index in [0.717, 1.165) is 28.9 Å². The minimum Gasteiger partial charge on any atom is -0.494 e. The third kappa shape index (κ3) is 9.84. The van der Waals surface area contributed by atoms with Crippen LogP contribution < -0.4 is 4.74 Å². The highest BCUT2D eigenvalue weighted by Crippen LogP contribution is 2.38. The maximum atomic E-state index is 12.8. The third-order valence-electron chi connectivity index (χ3n) is 8.63. The third-order valence-corrected chi connectivity index (χ3v) is 8.63. The highest BCUT2D eigenvalue weighted by Gasteiger charge is 2.33. The van der Waals surface area contributed by atoms with E-state index in [1.54, 1.807) is 0 Å². The van der Waals surface area contributed by atoms with Gasteiger partial charge in [0.25, 0.3) is 5.91 Å². The summed E-state index contributed by atoms with van der Waals surface area (Å²) in [6, 6.07) is 15.5. The highest BCUT2D eigenvalue weighted by atomic mass is 16.5. The molecular weight excluding hydrogens is 532 g/mol. The van der Waals surface area contributed by atoms with E-state index >= 15 is 0 Å². The second kappa shape index (κ2) is 17.7.